The molecule has 3 aliphatic rings. The largest absolute Gasteiger partial charge is 0.112 e. The summed E-state index contributed by atoms with van der Waals surface area (Å²) in [6, 6.07) is 47.2. The zero-order valence-electron chi connectivity index (χ0n) is 61.1. The van der Waals surface area contributed by atoms with Gasteiger partial charge in [0.05, 0.1) is 0 Å². The van der Waals surface area contributed by atoms with Crippen LogP contribution >= 0.6 is 0 Å². The molecule has 0 bridgehead atoms. The second-order valence-corrected chi connectivity index (χ2v) is 35.5. The summed E-state index contributed by atoms with van der Waals surface area (Å²) >= 11 is 0. The van der Waals surface area contributed by atoms with Crippen LogP contribution in [0, 0.1) is 13.8 Å². The van der Waals surface area contributed by atoms with Gasteiger partial charge >= 0.3 is 0 Å². The van der Waals surface area contributed by atoms with E-state index in [0.717, 1.165) is 0 Å². The van der Waals surface area contributed by atoms with Gasteiger partial charge in [-0.05, 0) is 142 Å². The Balaban J connectivity index is 1.14. The van der Waals surface area contributed by atoms with Crippen LogP contribution in [0.1, 0.15) is 356 Å². The van der Waals surface area contributed by atoms with Crippen molar-refractivity contribution < 1.29 is 0 Å². The Kier molecular flexibility index (Phi) is 27.7. The molecule has 3 aliphatic carbocycles. The van der Waals surface area contributed by atoms with Gasteiger partial charge in [0, 0.05) is 16.2 Å². The molecular formula is C91H132Si. The summed E-state index contributed by atoms with van der Waals surface area (Å²) in [5, 5.41) is 3.26. The Hall–Kier alpha value is -4.46. The van der Waals surface area contributed by atoms with E-state index in [2.05, 4.69) is 178 Å². The van der Waals surface area contributed by atoms with Crippen LogP contribution in [-0.2, 0) is 16.2 Å². The van der Waals surface area contributed by atoms with Crippen LogP contribution in [0.3, 0.4) is 0 Å². The lowest BCUT2D eigenvalue weighted by Gasteiger charge is -2.35. The molecule has 0 nitrogen and oxygen atoms in total. The summed E-state index contributed by atoms with van der Waals surface area (Å²) in [7, 11) is -2.25. The summed E-state index contributed by atoms with van der Waals surface area (Å²) in [4.78, 5) is 0. The van der Waals surface area contributed by atoms with E-state index in [4.69, 9.17) is 0 Å². The highest BCUT2D eigenvalue weighted by molar-refractivity contribution is 7.00. The normalized spacial score (nSPS) is 14.5. The number of aryl methyl sites for hydroxylation is 2. The van der Waals surface area contributed by atoms with Crippen molar-refractivity contribution in [3.63, 3.8) is 0 Å². The number of hydrogen-bond donors (Lipinski definition) is 0. The maximum atomic E-state index is 2.87. The number of fused-ring (bicyclic) bond motifs is 9. The molecule has 6 aromatic carbocycles. The van der Waals surface area contributed by atoms with Gasteiger partial charge < -0.3 is 0 Å². The zero-order valence-corrected chi connectivity index (χ0v) is 62.1. The maximum Gasteiger partial charge on any atom is 0.112 e. The summed E-state index contributed by atoms with van der Waals surface area (Å²) in [6.45, 7) is 24.3. The minimum Gasteiger partial charge on any atom is -0.0654 e. The Morgan fingerprint density at radius 3 is 0.696 bits per heavy atom. The molecule has 0 aromatic heterocycles. The van der Waals surface area contributed by atoms with Crippen molar-refractivity contribution in [2.24, 2.45) is 0 Å². The van der Waals surface area contributed by atoms with Gasteiger partial charge in [0.25, 0.3) is 0 Å². The van der Waals surface area contributed by atoms with Gasteiger partial charge in [-0.2, -0.15) is 0 Å². The van der Waals surface area contributed by atoms with Crippen LogP contribution in [0.15, 0.2) is 109 Å². The lowest BCUT2D eigenvalue weighted by atomic mass is 9.69. The van der Waals surface area contributed by atoms with E-state index in [9.17, 15) is 0 Å². The third-order valence-corrected chi connectivity index (χ3v) is 27.4. The van der Waals surface area contributed by atoms with Gasteiger partial charge in [0.2, 0.25) is 0 Å². The molecule has 92 heavy (non-hydrogen) atoms. The molecule has 500 valence electrons. The van der Waals surface area contributed by atoms with Crippen LogP contribution in [-0.4, -0.2) is 8.07 Å². The van der Waals surface area contributed by atoms with Crippen molar-refractivity contribution >= 4 is 18.4 Å². The predicted molar refractivity (Wildman–Crippen MR) is 411 cm³/mol. The molecule has 1 heteroatoms. The zero-order chi connectivity index (χ0) is 64.8. The maximum absolute atomic E-state index is 2.87. The molecule has 0 heterocycles. The van der Waals surface area contributed by atoms with E-state index in [1.165, 1.54) is 325 Å². The van der Waals surface area contributed by atoms with E-state index < -0.39 is 8.07 Å². The first-order valence-electron chi connectivity index (χ1n) is 39.8. The standard InChI is InChI=1S/C91H132Si/c1-11-17-23-29-35-41-59-89(60-42-36-30-24-18-12-2)83-65-71(7)47-53-77(83)79-55-49-73(67-85(79)89)74-50-56-80-82-58-52-76(70-88(82)91(86(80)68-74,63-45-39-33-27-21-15-5)64-46-40-34-28-22-16-6)92(9,10)75-51-57-81-78-54-48-72(8)66-84(78)90(87(81)69-75,61-43-37-31-25-19-13-3)62-44-38-32-26-20-14-4/h47-58,65-70H,11-46,59-64H2,1-10H3. The van der Waals surface area contributed by atoms with E-state index >= 15 is 0 Å². The fourth-order valence-electron chi connectivity index (χ4n) is 18.3. The summed E-state index contributed by atoms with van der Waals surface area (Å²) in [5.41, 5.74) is 24.9. The number of hydrogen-bond acceptors (Lipinski definition) is 0. The average molecular weight is 1250 g/mol. The van der Waals surface area contributed by atoms with Gasteiger partial charge in [-0.25, -0.2) is 0 Å². The molecule has 0 amide bonds. The molecule has 0 spiro atoms. The third kappa shape index (κ3) is 16.7. The Morgan fingerprint density at radius 1 is 0.228 bits per heavy atom. The van der Waals surface area contributed by atoms with Gasteiger partial charge in [0.15, 0.2) is 0 Å². The van der Waals surface area contributed by atoms with Crippen LogP contribution in [0.5, 0.6) is 0 Å². The van der Waals surface area contributed by atoms with Gasteiger partial charge in [0.1, 0.15) is 8.07 Å². The first-order valence-corrected chi connectivity index (χ1v) is 42.8. The molecule has 0 unspecified atom stereocenters. The number of unbranched alkanes of at least 4 members (excludes halogenated alkanes) is 30. The van der Waals surface area contributed by atoms with Crippen LogP contribution in [0.25, 0.3) is 44.5 Å². The molecule has 0 aliphatic heterocycles. The molecule has 0 fully saturated rings. The minimum atomic E-state index is -2.25. The van der Waals surface area contributed by atoms with Gasteiger partial charge in [-0.3, -0.25) is 0 Å². The van der Waals surface area contributed by atoms with E-state index in [0.29, 0.717) is 0 Å². The Morgan fingerprint density at radius 2 is 0.435 bits per heavy atom. The molecule has 0 saturated carbocycles. The third-order valence-electron chi connectivity index (χ3n) is 23.9. The SMILES string of the molecule is CCCCCCCCC1(CCCCCCCC)c2cc(C)ccc2-c2ccc(-c3ccc4c(c3)C(CCCCCCCC)(CCCCCCCC)c3cc([Si](C)(C)c5ccc6c(c5)C(CCCCCCCC)(CCCCCCCC)c5cc(C)ccc5-6)ccc3-4)cc21. The summed E-state index contributed by atoms with van der Waals surface area (Å²) in [6.07, 6.45) is 56.0. The van der Waals surface area contributed by atoms with Crippen molar-refractivity contribution in [1.29, 1.82) is 0 Å². The monoisotopic (exact) mass is 1250 g/mol. The van der Waals surface area contributed by atoms with Crippen LogP contribution < -0.4 is 10.4 Å². The summed E-state index contributed by atoms with van der Waals surface area (Å²) < 4.78 is 0. The number of benzene rings is 6. The fraction of sp³-hybridized carbons (Fsp3) is 0.604. The first-order chi connectivity index (χ1) is 45.0. The van der Waals surface area contributed by atoms with Crippen molar-refractivity contribution in [2.75, 3.05) is 0 Å². The molecule has 6 aromatic rings. The van der Waals surface area contributed by atoms with E-state index in [-0.39, 0.29) is 16.2 Å². The molecule has 9 rings (SSSR count). The lowest BCUT2D eigenvalue weighted by Crippen LogP contribution is -2.53. The highest BCUT2D eigenvalue weighted by Gasteiger charge is 2.47. The van der Waals surface area contributed by atoms with Crippen LogP contribution in [0.2, 0.25) is 13.1 Å². The van der Waals surface area contributed by atoms with E-state index in [1.54, 1.807) is 43.8 Å². The average Bonchev–Trinajstić information content (AvgIpc) is 1.57. The Labute approximate surface area is 567 Å². The van der Waals surface area contributed by atoms with Gasteiger partial charge in [-0.1, -0.05) is 404 Å². The van der Waals surface area contributed by atoms with Crippen molar-refractivity contribution in [1.82, 2.24) is 0 Å². The quantitative estimate of drug-likeness (QED) is 0.0264. The van der Waals surface area contributed by atoms with Crippen molar-refractivity contribution in [3.8, 4) is 44.5 Å². The second kappa shape index (κ2) is 35.5. The molecule has 0 atom stereocenters. The highest BCUT2D eigenvalue weighted by Crippen LogP contribution is 2.59. The summed E-state index contributed by atoms with van der Waals surface area (Å²) in [5.74, 6) is 0. The van der Waals surface area contributed by atoms with E-state index in [1.807, 2.05) is 0 Å². The second-order valence-electron chi connectivity index (χ2n) is 31.1. The predicted octanol–water partition coefficient (Wildman–Crippen LogP) is 28.1. The van der Waals surface area contributed by atoms with Crippen LogP contribution in [0.4, 0.5) is 0 Å². The molecule has 0 N–H and O–H groups in total. The molecule has 0 saturated heterocycles. The molecular weight excluding hydrogens is 1120 g/mol. The van der Waals surface area contributed by atoms with Crippen molar-refractivity contribution in [3.05, 3.63) is 154 Å². The number of rotatable bonds is 45. The molecule has 0 radical (unpaired) electrons. The minimum absolute atomic E-state index is 0.0126. The highest BCUT2D eigenvalue weighted by atomic mass is 28.3. The Bertz CT molecular complexity index is 3170. The van der Waals surface area contributed by atoms with Gasteiger partial charge in [-0.15, -0.1) is 0 Å². The fourth-order valence-corrected chi connectivity index (χ4v) is 20.6. The van der Waals surface area contributed by atoms with Crippen molar-refractivity contribution in [2.45, 2.75) is 354 Å². The first kappa shape index (κ1) is 71.8. The lowest BCUT2D eigenvalue weighted by molar-refractivity contribution is 0.397. The topological polar surface area (TPSA) is 0 Å². The smallest absolute Gasteiger partial charge is 0.0654 e.